The fourth-order valence-electron chi connectivity index (χ4n) is 2.74. The molecule has 1 aliphatic rings. The van der Waals surface area contributed by atoms with Gasteiger partial charge in [0, 0.05) is 30.9 Å². The van der Waals surface area contributed by atoms with E-state index < -0.39 is 5.97 Å². The molecule has 1 aromatic carbocycles. The monoisotopic (exact) mass is 285 g/mol. The molecule has 5 nitrogen and oxygen atoms in total. The summed E-state index contributed by atoms with van der Waals surface area (Å²) in [5.74, 6) is -0.793. The fourth-order valence-corrected chi connectivity index (χ4v) is 2.74. The number of hydrogen-bond donors (Lipinski definition) is 1. The second-order valence-corrected chi connectivity index (χ2v) is 5.44. The molecular formula is C16H19N3O2. The number of aryl methyl sites for hydroxylation is 1. The number of benzene rings is 1. The van der Waals surface area contributed by atoms with Crippen molar-refractivity contribution in [1.82, 2.24) is 14.7 Å². The highest BCUT2D eigenvalue weighted by Crippen LogP contribution is 2.34. The molecule has 0 aliphatic carbocycles. The molecule has 110 valence electrons. The minimum Gasteiger partial charge on any atom is -0.481 e. The van der Waals surface area contributed by atoms with Crippen LogP contribution in [0.1, 0.15) is 30.0 Å². The molecule has 1 N–H and O–H groups in total. The lowest BCUT2D eigenvalue weighted by Crippen LogP contribution is -2.40. The third kappa shape index (κ3) is 3.31. The Morgan fingerprint density at radius 1 is 1.33 bits per heavy atom. The third-order valence-corrected chi connectivity index (χ3v) is 3.94. The van der Waals surface area contributed by atoms with Gasteiger partial charge in [-0.05, 0) is 12.0 Å². The van der Waals surface area contributed by atoms with Gasteiger partial charge in [-0.2, -0.15) is 5.10 Å². The van der Waals surface area contributed by atoms with Crippen molar-refractivity contribution in [3.8, 4) is 0 Å². The summed E-state index contributed by atoms with van der Waals surface area (Å²) in [5.41, 5.74) is 2.50. The molecule has 2 aromatic rings. The van der Waals surface area contributed by atoms with Gasteiger partial charge in [0.15, 0.2) is 0 Å². The smallest absolute Gasteiger partial charge is 0.305 e. The van der Waals surface area contributed by atoms with Crippen LogP contribution in [0.3, 0.4) is 0 Å². The Hall–Kier alpha value is -2.14. The van der Waals surface area contributed by atoms with Gasteiger partial charge in [-0.15, -0.1) is 0 Å². The number of rotatable bonds is 6. The van der Waals surface area contributed by atoms with Gasteiger partial charge in [0.25, 0.3) is 0 Å². The zero-order chi connectivity index (χ0) is 14.7. The lowest BCUT2D eigenvalue weighted by molar-refractivity contribution is -0.137. The van der Waals surface area contributed by atoms with Gasteiger partial charge < -0.3 is 5.11 Å². The Labute approximate surface area is 123 Å². The van der Waals surface area contributed by atoms with E-state index in [0.29, 0.717) is 12.6 Å². The van der Waals surface area contributed by atoms with Crippen LogP contribution in [-0.2, 0) is 17.9 Å². The first-order chi connectivity index (χ1) is 10.2. The van der Waals surface area contributed by atoms with E-state index in [1.165, 1.54) is 12.0 Å². The number of nitrogens with zero attached hydrogens (tertiary/aromatic N) is 3. The van der Waals surface area contributed by atoms with Crippen molar-refractivity contribution in [1.29, 1.82) is 0 Å². The normalized spacial score (nSPS) is 18.4. The summed E-state index contributed by atoms with van der Waals surface area (Å²) in [7, 11) is 0. The zero-order valence-corrected chi connectivity index (χ0v) is 11.9. The van der Waals surface area contributed by atoms with E-state index in [0.717, 1.165) is 18.7 Å². The summed E-state index contributed by atoms with van der Waals surface area (Å²) in [5, 5.41) is 12.9. The predicted molar refractivity (Wildman–Crippen MR) is 78.7 cm³/mol. The summed E-state index contributed by atoms with van der Waals surface area (Å²) in [6.07, 6.45) is 5.08. The van der Waals surface area contributed by atoms with E-state index >= 15 is 0 Å². The molecule has 3 rings (SSSR count). The first-order valence-corrected chi connectivity index (χ1v) is 7.24. The standard InChI is InChI=1S/C16H19N3O2/c20-16(21)7-9-19-12-13(10-17-19)11-18-8-6-15(18)14-4-2-1-3-5-14/h1-5,10,12,15H,6-9,11H2,(H,20,21). The topological polar surface area (TPSA) is 58.4 Å². The molecular weight excluding hydrogens is 266 g/mol. The van der Waals surface area contributed by atoms with E-state index in [2.05, 4.69) is 34.3 Å². The molecule has 0 radical (unpaired) electrons. The quantitative estimate of drug-likeness (QED) is 0.885. The van der Waals surface area contributed by atoms with Crippen LogP contribution in [0, 0.1) is 0 Å². The van der Waals surface area contributed by atoms with Crippen molar-refractivity contribution in [2.45, 2.75) is 32.0 Å². The van der Waals surface area contributed by atoms with E-state index in [9.17, 15) is 4.79 Å². The molecule has 0 amide bonds. The number of aliphatic carboxylic acids is 1. The highest BCUT2D eigenvalue weighted by atomic mass is 16.4. The zero-order valence-electron chi connectivity index (χ0n) is 11.9. The van der Waals surface area contributed by atoms with Crippen LogP contribution in [0.5, 0.6) is 0 Å². The summed E-state index contributed by atoms with van der Waals surface area (Å²) in [4.78, 5) is 13.0. The summed E-state index contributed by atoms with van der Waals surface area (Å²) < 4.78 is 1.71. The third-order valence-electron chi connectivity index (χ3n) is 3.94. The molecule has 1 unspecified atom stereocenters. The van der Waals surface area contributed by atoms with E-state index in [-0.39, 0.29) is 6.42 Å². The van der Waals surface area contributed by atoms with Crippen molar-refractivity contribution >= 4 is 5.97 Å². The average molecular weight is 285 g/mol. The Morgan fingerprint density at radius 3 is 2.81 bits per heavy atom. The molecule has 2 heterocycles. The maximum Gasteiger partial charge on any atom is 0.305 e. The van der Waals surface area contributed by atoms with Crippen LogP contribution in [0.25, 0.3) is 0 Å². The number of likely N-dealkylation sites (tertiary alicyclic amines) is 1. The van der Waals surface area contributed by atoms with Gasteiger partial charge in [-0.25, -0.2) is 0 Å². The van der Waals surface area contributed by atoms with Crippen molar-refractivity contribution in [3.05, 3.63) is 53.9 Å². The largest absolute Gasteiger partial charge is 0.481 e. The Kier molecular flexibility index (Phi) is 4.01. The molecule has 21 heavy (non-hydrogen) atoms. The van der Waals surface area contributed by atoms with Gasteiger partial charge in [-0.1, -0.05) is 30.3 Å². The molecule has 5 heteroatoms. The van der Waals surface area contributed by atoms with Crippen molar-refractivity contribution in [3.63, 3.8) is 0 Å². The van der Waals surface area contributed by atoms with E-state index in [4.69, 9.17) is 5.11 Å². The van der Waals surface area contributed by atoms with Crippen molar-refractivity contribution in [2.75, 3.05) is 6.54 Å². The first-order valence-electron chi connectivity index (χ1n) is 7.24. The molecule has 1 aliphatic heterocycles. The summed E-state index contributed by atoms with van der Waals surface area (Å²) in [6, 6.07) is 11.0. The van der Waals surface area contributed by atoms with Gasteiger partial charge in [0.1, 0.15) is 0 Å². The lowest BCUT2D eigenvalue weighted by atomic mass is 9.94. The lowest BCUT2D eigenvalue weighted by Gasteiger charge is -2.41. The highest BCUT2D eigenvalue weighted by molar-refractivity contribution is 5.66. The van der Waals surface area contributed by atoms with Crippen LogP contribution in [0.4, 0.5) is 0 Å². The molecule has 0 spiro atoms. The summed E-state index contributed by atoms with van der Waals surface area (Å²) in [6.45, 7) is 2.39. The minimum absolute atomic E-state index is 0.109. The Morgan fingerprint density at radius 2 is 2.14 bits per heavy atom. The Bertz CT molecular complexity index is 609. The van der Waals surface area contributed by atoms with E-state index in [1.807, 2.05) is 18.5 Å². The van der Waals surface area contributed by atoms with Crippen LogP contribution in [-0.4, -0.2) is 32.3 Å². The van der Waals surface area contributed by atoms with Gasteiger partial charge >= 0.3 is 5.97 Å². The van der Waals surface area contributed by atoms with Crippen LogP contribution in [0.2, 0.25) is 0 Å². The second-order valence-electron chi connectivity index (χ2n) is 5.44. The van der Waals surface area contributed by atoms with Crippen molar-refractivity contribution in [2.24, 2.45) is 0 Å². The van der Waals surface area contributed by atoms with Gasteiger partial charge in [-0.3, -0.25) is 14.4 Å². The minimum atomic E-state index is -0.793. The SMILES string of the molecule is O=C(O)CCn1cc(CN2CCC2c2ccccc2)cn1. The Balaban J connectivity index is 1.58. The number of carbonyl (C=O) groups is 1. The maximum atomic E-state index is 10.6. The van der Waals surface area contributed by atoms with E-state index in [1.54, 1.807) is 4.68 Å². The predicted octanol–water partition coefficient (Wildman–Crippen LogP) is 2.30. The van der Waals surface area contributed by atoms with Crippen molar-refractivity contribution < 1.29 is 9.90 Å². The van der Waals surface area contributed by atoms with Crippen LogP contribution < -0.4 is 0 Å². The van der Waals surface area contributed by atoms with Gasteiger partial charge in [0.05, 0.1) is 19.2 Å². The molecule has 1 atom stereocenters. The van der Waals surface area contributed by atoms with Crippen LogP contribution >= 0.6 is 0 Å². The molecule has 1 saturated heterocycles. The molecule has 0 saturated carbocycles. The summed E-state index contributed by atoms with van der Waals surface area (Å²) >= 11 is 0. The maximum absolute atomic E-state index is 10.6. The van der Waals surface area contributed by atoms with Crippen LogP contribution in [0.15, 0.2) is 42.7 Å². The highest BCUT2D eigenvalue weighted by Gasteiger charge is 2.29. The first kappa shape index (κ1) is 13.8. The average Bonchev–Trinajstić information content (AvgIpc) is 2.90. The molecule has 0 bridgehead atoms. The number of carboxylic acid groups (broad SMARTS) is 1. The number of aromatic nitrogens is 2. The van der Waals surface area contributed by atoms with Gasteiger partial charge in [0.2, 0.25) is 0 Å². The molecule has 1 fully saturated rings. The fraction of sp³-hybridized carbons (Fsp3) is 0.375. The molecule has 1 aromatic heterocycles. The number of carboxylic acids is 1. The second kappa shape index (κ2) is 6.10. The number of hydrogen-bond acceptors (Lipinski definition) is 3.